The topological polar surface area (TPSA) is 117 Å². The Balaban J connectivity index is 1.55. The first-order chi connectivity index (χ1) is 17.3. The number of nitro benzene ring substituents is 1. The monoisotopic (exact) mass is 546 g/mol. The lowest BCUT2D eigenvalue weighted by Crippen LogP contribution is -2.35. The molecular weight excluding hydrogens is 524 g/mol. The van der Waals surface area contributed by atoms with E-state index >= 15 is 0 Å². The third kappa shape index (κ3) is 5.87. The lowest BCUT2D eigenvalue weighted by molar-refractivity contribution is -0.384. The van der Waals surface area contributed by atoms with E-state index in [-0.39, 0.29) is 11.4 Å². The van der Waals surface area contributed by atoms with Crippen LogP contribution in [0.25, 0.3) is 17.0 Å². The second kappa shape index (κ2) is 11.0. The Morgan fingerprint density at radius 1 is 1.06 bits per heavy atom. The molecule has 0 bridgehead atoms. The van der Waals surface area contributed by atoms with Gasteiger partial charge in [-0.2, -0.15) is 0 Å². The number of aromatic nitrogens is 1. The molecule has 4 aromatic rings. The van der Waals surface area contributed by atoms with Gasteiger partial charge >= 0.3 is 0 Å². The lowest BCUT2D eigenvalue weighted by atomic mass is 10.1. The zero-order valence-corrected chi connectivity index (χ0v) is 21.0. The van der Waals surface area contributed by atoms with Gasteiger partial charge in [0.2, 0.25) is 0 Å². The molecule has 0 radical (unpaired) electrons. The molecule has 0 aliphatic rings. The molecule has 3 N–H and O–H groups in total. The van der Waals surface area contributed by atoms with E-state index in [9.17, 15) is 19.7 Å². The second-order valence-electron chi connectivity index (χ2n) is 8.15. The number of benzene rings is 3. The van der Waals surface area contributed by atoms with Crippen molar-refractivity contribution < 1.29 is 14.5 Å². The van der Waals surface area contributed by atoms with Gasteiger partial charge in [0.15, 0.2) is 0 Å². The Kier molecular flexibility index (Phi) is 7.60. The van der Waals surface area contributed by atoms with Crippen LogP contribution in [0.3, 0.4) is 0 Å². The first kappa shape index (κ1) is 24.9. The molecule has 0 saturated carbocycles. The molecule has 9 heteroatoms. The summed E-state index contributed by atoms with van der Waals surface area (Å²) in [6.45, 7) is 2.32. The summed E-state index contributed by atoms with van der Waals surface area (Å²) in [4.78, 5) is 40.0. The van der Waals surface area contributed by atoms with Crippen LogP contribution in [0.5, 0.6) is 0 Å². The highest BCUT2D eigenvalue weighted by atomic mass is 79.9. The smallest absolute Gasteiger partial charge is 0.270 e. The van der Waals surface area contributed by atoms with Crippen molar-refractivity contribution in [1.29, 1.82) is 0 Å². The van der Waals surface area contributed by atoms with E-state index in [1.165, 1.54) is 24.3 Å². The largest absolute Gasteiger partial charge is 0.358 e. The number of carbonyl (C=O) groups is 2. The van der Waals surface area contributed by atoms with Gasteiger partial charge in [-0.3, -0.25) is 19.7 Å². The molecule has 8 nitrogen and oxygen atoms in total. The number of halogens is 1. The van der Waals surface area contributed by atoms with Crippen molar-refractivity contribution in [2.24, 2.45) is 0 Å². The molecule has 2 amide bonds. The Morgan fingerprint density at radius 2 is 1.83 bits per heavy atom. The van der Waals surface area contributed by atoms with Gasteiger partial charge in [0.05, 0.1) is 4.92 Å². The van der Waals surface area contributed by atoms with E-state index in [2.05, 4.69) is 31.5 Å². The molecule has 0 spiro atoms. The Labute approximate surface area is 215 Å². The number of rotatable bonds is 8. The van der Waals surface area contributed by atoms with Crippen LogP contribution in [-0.4, -0.2) is 28.3 Å². The number of amides is 2. The molecule has 0 saturated heterocycles. The van der Waals surface area contributed by atoms with Crippen molar-refractivity contribution in [3.05, 3.63) is 115 Å². The normalized spacial score (nSPS) is 11.3. The van der Waals surface area contributed by atoms with Crippen LogP contribution in [0.1, 0.15) is 27.2 Å². The number of nitrogens with one attached hydrogen (secondary N) is 3. The summed E-state index contributed by atoms with van der Waals surface area (Å²) in [5.41, 5.74) is 3.80. The minimum atomic E-state index is -0.513. The van der Waals surface area contributed by atoms with Crippen LogP contribution in [0.2, 0.25) is 0 Å². The van der Waals surface area contributed by atoms with E-state index in [1.807, 2.05) is 31.2 Å². The Morgan fingerprint density at radius 3 is 2.61 bits per heavy atom. The van der Waals surface area contributed by atoms with Crippen LogP contribution in [0.4, 0.5) is 5.69 Å². The molecule has 0 aliphatic carbocycles. The highest BCUT2D eigenvalue weighted by Crippen LogP contribution is 2.22. The maximum atomic E-state index is 13.1. The molecule has 0 fully saturated rings. The van der Waals surface area contributed by atoms with Gasteiger partial charge in [0, 0.05) is 45.3 Å². The van der Waals surface area contributed by atoms with Crippen LogP contribution in [0.15, 0.2) is 83.0 Å². The van der Waals surface area contributed by atoms with E-state index in [1.54, 1.807) is 30.3 Å². The third-order valence-electron chi connectivity index (χ3n) is 5.66. The fraction of sp³-hybridized carbons (Fsp3) is 0.111. The highest BCUT2D eigenvalue weighted by Gasteiger charge is 2.16. The summed E-state index contributed by atoms with van der Waals surface area (Å²) in [5, 5.41) is 17.8. The Hall–Kier alpha value is -4.24. The predicted octanol–water partition coefficient (Wildman–Crippen LogP) is 5.28. The van der Waals surface area contributed by atoms with Crippen molar-refractivity contribution in [3.8, 4) is 0 Å². The van der Waals surface area contributed by atoms with Gasteiger partial charge in [-0.15, -0.1) is 0 Å². The SMILES string of the molecule is Cc1[nH]c2ccccc2c1CCNC(=O)/C(=C/c1cccc([N+](=O)[O-])c1)NC(=O)c1cccc(Br)c1. The van der Waals surface area contributed by atoms with Gasteiger partial charge < -0.3 is 15.6 Å². The highest BCUT2D eigenvalue weighted by molar-refractivity contribution is 9.10. The molecule has 0 atom stereocenters. The fourth-order valence-corrected chi connectivity index (χ4v) is 4.33. The van der Waals surface area contributed by atoms with Crippen molar-refractivity contribution in [3.63, 3.8) is 0 Å². The average Bonchev–Trinajstić information content (AvgIpc) is 3.18. The molecule has 0 unspecified atom stereocenters. The van der Waals surface area contributed by atoms with Crippen molar-refractivity contribution in [1.82, 2.24) is 15.6 Å². The molecule has 1 aromatic heterocycles. The van der Waals surface area contributed by atoms with Crippen LogP contribution >= 0.6 is 15.9 Å². The van der Waals surface area contributed by atoms with Gasteiger partial charge in [-0.05, 0) is 54.8 Å². The fourth-order valence-electron chi connectivity index (χ4n) is 3.93. The average molecular weight is 547 g/mol. The summed E-state index contributed by atoms with van der Waals surface area (Å²) in [5.74, 6) is -0.974. The van der Waals surface area contributed by atoms with Crippen molar-refractivity contribution >= 4 is 50.4 Å². The molecule has 4 rings (SSSR count). The summed E-state index contributed by atoms with van der Waals surface area (Å²) >= 11 is 3.34. The third-order valence-corrected chi connectivity index (χ3v) is 6.15. The predicted molar refractivity (Wildman–Crippen MR) is 142 cm³/mol. The molecule has 182 valence electrons. The number of nitro groups is 1. The van der Waals surface area contributed by atoms with E-state index in [0.29, 0.717) is 24.1 Å². The maximum absolute atomic E-state index is 13.1. The quantitative estimate of drug-likeness (QED) is 0.158. The van der Waals surface area contributed by atoms with E-state index < -0.39 is 16.7 Å². The van der Waals surface area contributed by atoms with Gasteiger partial charge in [-0.1, -0.05) is 52.3 Å². The molecular formula is C27H23BrN4O4. The number of hydrogen-bond donors (Lipinski definition) is 3. The molecule has 36 heavy (non-hydrogen) atoms. The summed E-state index contributed by atoms with van der Waals surface area (Å²) in [7, 11) is 0. The van der Waals surface area contributed by atoms with Crippen LogP contribution in [0, 0.1) is 17.0 Å². The standard InChI is InChI=1S/C27H23BrN4O4/c1-17-22(23-10-2-3-11-24(23)30-17)12-13-29-27(34)25(15-18-6-4-9-21(14-18)32(35)36)31-26(33)19-7-5-8-20(28)16-19/h2-11,14-16,30H,12-13H2,1H3,(H,29,34)(H,31,33)/b25-15-. The molecule has 1 heterocycles. The Bertz CT molecular complexity index is 1490. The zero-order valence-electron chi connectivity index (χ0n) is 19.4. The number of non-ortho nitro benzene ring substituents is 1. The second-order valence-corrected chi connectivity index (χ2v) is 9.07. The molecule has 3 aromatic carbocycles. The number of carbonyl (C=O) groups excluding carboxylic acids is 2. The zero-order chi connectivity index (χ0) is 25.7. The number of aromatic amines is 1. The number of hydrogen-bond acceptors (Lipinski definition) is 4. The minimum absolute atomic E-state index is 0.0175. The first-order valence-electron chi connectivity index (χ1n) is 11.2. The van der Waals surface area contributed by atoms with Crippen molar-refractivity contribution in [2.45, 2.75) is 13.3 Å². The number of aryl methyl sites for hydroxylation is 1. The molecule has 0 aliphatic heterocycles. The van der Waals surface area contributed by atoms with E-state index in [0.717, 1.165) is 26.6 Å². The summed E-state index contributed by atoms with van der Waals surface area (Å²) < 4.78 is 0.720. The summed E-state index contributed by atoms with van der Waals surface area (Å²) in [6, 6.07) is 20.6. The first-order valence-corrected chi connectivity index (χ1v) is 12.0. The summed E-state index contributed by atoms with van der Waals surface area (Å²) in [6.07, 6.45) is 2.01. The number of H-pyrrole nitrogens is 1. The number of para-hydroxylation sites is 1. The van der Waals surface area contributed by atoms with Gasteiger partial charge in [-0.25, -0.2) is 0 Å². The van der Waals surface area contributed by atoms with Crippen LogP contribution < -0.4 is 10.6 Å². The number of fused-ring (bicyclic) bond motifs is 1. The lowest BCUT2D eigenvalue weighted by Gasteiger charge is -2.12. The van der Waals surface area contributed by atoms with Crippen LogP contribution in [-0.2, 0) is 11.2 Å². The van der Waals surface area contributed by atoms with E-state index in [4.69, 9.17) is 0 Å². The number of nitrogens with zero attached hydrogens (tertiary/aromatic N) is 1. The van der Waals surface area contributed by atoms with Gasteiger partial charge in [0.25, 0.3) is 17.5 Å². The van der Waals surface area contributed by atoms with Crippen molar-refractivity contribution in [2.75, 3.05) is 6.54 Å². The minimum Gasteiger partial charge on any atom is -0.358 e. The van der Waals surface area contributed by atoms with Gasteiger partial charge in [0.1, 0.15) is 5.70 Å². The maximum Gasteiger partial charge on any atom is 0.270 e.